The molecule has 2 saturated heterocycles. The SMILES string of the molecule is CC1CCN(c2ccc(N3CCN(C(=O)Nc4ccc(F)cc4)CC3)cc2)CC1. The monoisotopic (exact) mass is 396 g/mol. The molecule has 2 aromatic rings. The van der Waals surface area contributed by atoms with Crippen LogP contribution >= 0.6 is 0 Å². The number of nitrogens with zero attached hydrogens (tertiary/aromatic N) is 3. The van der Waals surface area contributed by atoms with Gasteiger partial charge in [0.05, 0.1) is 0 Å². The molecule has 2 amide bonds. The summed E-state index contributed by atoms with van der Waals surface area (Å²) in [5, 5.41) is 2.84. The van der Waals surface area contributed by atoms with Crippen LogP contribution in [0.2, 0.25) is 0 Å². The topological polar surface area (TPSA) is 38.8 Å². The van der Waals surface area contributed by atoms with Crippen molar-refractivity contribution in [3.05, 3.63) is 54.3 Å². The molecule has 6 heteroatoms. The Kier molecular flexibility index (Phi) is 5.88. The van der Waals surface area contributed by atoms with Crippen LogP contribution in [0.5, 0.6) is 0 Å². The second-order valence-electron chi connectivity index (χ2n) is 8.10. The van der Waals surface area contributed by atoms with Crippen molar-refractivity contribution in [1.29, 1.82) is 0 Å². The first-order valence-corrected chi connectivity index (χ1v) is 10.5. The third kappa shape index (κ3) is 4.81. The number of hydrogen-bond donors (Lipinski definition) is 1. The number of carbonyl (C=O) groups excluding carboxylic acids is 1. The summed E-state index contributed by atoms with van der Waals surface area (Å²) in [4.78, 5) is 19.0. The molecular weight excluding hydrogens is 367 g/mol. The van der Waals surface area contributed by atoms with E-state index in [2.05, 4.69) is 46.3 Å². The van der Waals surface area contributed by atoms with Gasteiger partial charge in [-0.25, -0.2) is 9.18 Å². The van der Waals surface area contributed by atoms with Gasteiger partial charge < -0.3 is 20.0 Å². The van der Waals surface area contributed by atoms with E-state index < -0.39 is 0 Å². The van der Waals surface area contributed by atoms with E-state index in [1.807, 2.05) is 4.90 Å². The van der Waals surface area contributed by atoms with Crippen LogP contribution in [0.25, 0.3) is 0 Å². The third-order valence-corrected chi connectivity index (χ3v) is 6.03. The van der Waals surface area contributed by atoms with E-state index in [0.717, 1.165) is 32.1 Å². The van der Waals surface area contributed by atoms with Gasteiger partial charge in [-0.3, -0.25) is 0 Å². The molecular formula is C23H29FN4O. The number of carbonyl (C=O) groups is 1. The predicted molar refractivity (Wildman–Crippen MR) is 116 cm³/mol. The van der Waals surface area contributed by atoms with E-state index in [1.54, 1.807) is 12.1 Å². The molecule has 2 heterocycles. The summed E-state index contributed by atoms with van der Waals surface area (Å²) in [5.74, 6) is 0.527. The maximum absolute atomic E-state index is 13.0. The fraction of sp³-hybridized carbons (Fsp3) is 0.435. The van der Waals surface area contributed by atoms with Crippen LogP contribution in [0.15, 0.2) is 48.5 Å². The highest BCUT2D eigenvalue weighted by Crippen LogP contribution is 2.26. The van der Waals surface area contributed by atoms with E-state index in [-0.39, 0.29) is 11.8 Å². The molecule has 0 aromatic heterocycles. The third-order valence-electron chi connectivity index (χ3n) is 6.03. The average Bonchev–Trinajstić information content (AvgIpc) is 2.76. The molecule has 2 fully saturated rings. The van der Waals surface area contributed by atoms with Gasteiger partial charge in [-0.1, -0.05) is 6.92 Å². The van der Waals surface area contributed by atoms with Gasteiger partial charge in [-0.15, -0.1) is 0 Å². The number of piperidine rings is 1. The first kappa shape index (κ1) is 19.6. The first-order chi connectivity index (χ1) is 14.1. The molecule has 0 bridgehead atoms. The zero-order valence-electron chi connectivity index (χ0n) is 17.0. The first-order valence-electron chi connectivity index (χ1n) is 10.5. The largest absolute Gasteiger partial charge is 0.372 e. The Balaban J connectivity index is 1.29. The van der Waals surface area contributed by atoms with Crippen molar-refractivity contribution in [3.63, 3.8) is 0 Å². The fourth-order valence-corrected chi connectivity index (χ4v) is 4.04. The minimum atomic E-state index is -0.308. The molecule has 0 spiro atoms. The number of rotatable bonds is 3. The van der Waals surface area contributed by atoms with Gasteiger partial charge in [0.25, 0.3) is 0 Å². The Hall–Kier alpha value is -2.76. The lowest BCUT2D eigenvalue weighted by Gasteiger charge is -2.36. The summed E-state index contributed by atoms with van der Waals surface area (Å²) in [6, 6.07) is 14.6. The standard InChI is InChI=1S/C23H29FN4O/c1-18-10-12-26(13-11-18)21-6-8-22(9-7-21)27-14-16-28(17-15-27)23(29)25-20-4-2-19(24)3-5-20/h2-9,18H,10-17H2,1H3,(H,25,29). The summed E-state index contributed by atoms with van der Waals surface area (Å²) >= 11 is 0. The lowest BCUT2D eigenvalue weighted by Crippen LogP contribution is -2.50. The van der Waals surface area contributed by atoms with Crippen LogP contribution in [0, 0.1) is 11.7 Å². The van der Waals surface area contributed by atoms with Crippen molar-refractivity contribution in [2.24, 2.45) is 5.92 Å². The van der Waals surface area contributed by atoms with E-state index in [4.69, 9.17) is 0 Å². The van der Waals surface area contributed by atoms with Crippen molar-refractivity contribution in [2.75, 3.05) is 54.4 Å². The molecule has 2 aliphatic heterocycles. The predicted octanol–water partition coefficient (Wildman–Crippen LogP) is 4.42. The molecule has 0 unspecified atom stereocenters. The molecule has 5 nitrogen and oxygen atoms in total. The van der Waals surface area contributed by atoms with Crippen molar-refractivity contribution in [2.45, 2.75) is 19.8 Å². The fourth-order valence-electron chi connectivity index (χ4n) is 4.04. The van der Waals surface area contributed by atoms with E-state index >= 15 is 0 Å². The van der Waals surface area contributed by atoms with Gasteiger partial charge >= 0.3 is 6.03 Å². The molecule has 2 aliphatic rings. The van der Waals surface area contributed by atoms with Gasteiger partial charge in [-0.05, 0) is 67.3 Å². The maximum Gasteiger partial charge on any atom is 0.321 e. The maximum atomic E-state index is 13.0. The van der Waals surface area contributed by atoms with Gasteiger partial charge in [0, 0.05) is 56.3 Å². The molecule has 0 atom stereocenters. The quantitative estimate of drug-likeness (QED) is 0.835. The average molecular weight is 397 g/mol. The second-order valence-corrected chi connectivity index (χ2v) is 8.10. The van der Waals surface area contributed by atoms with Crippen molar-refractivity contribution >= 4 is 23.1 Å². The zero-order chi connectivity index (χ0) is 20.2. The second kappa shape index (κ2) is 8.72. The lowest BCUT2D eigenvalue weighted by atomic mass is 9.99. The number of halogens is 1. The number of hydrogen-bond acceptors (Lipinski definition) is 3. The molecule has 1 N–H and O–H groups in total. The van der Waals surface area contributed by atoms with Crippen molar-refractivity contribution in [1.82, 2.24) is 4.90 Å². The van der Waals surface area contributed by atoms with Crippen LogP contribution in [0.1, 0.15) is 19.8 Å². The zero-order valence-corrected chi connectivity index (χ0v) is 17.0. The number of piperazine rings is 1. The van der Waals surface area contributed by atoms with Gasteiger partial charge in [0.15, 0.2) is 0 Å². The van der Waals surface area contributed by atoms with Crippen LogP contribution in [0.3, 0.4) is 0 Å². The van der Waals surface area contributed by atoms with Gasteiger partial charge in [-0.2, -0.15) is 0 Å². The Morgan fingerprint density at radius 1 is 0.828 bits per heavy atom. The highest BCUT2D eigenvalue weighted by molar-refractivity contribution is 5.89. The molecule has 29 heavy (non-hydrogen) atoms. The molecule has 4 rings (SSSR count). The number of urea groups is 1. The molecule has 0 radical (unpaired) electrons. The van der Waals surface area contributed by atoms with Crippen LogP contribution < -0.4 is 15.1 Å². The number of nitrogens with one attached hydrogen (secondary N) is 1. The van der Waals surface area contributed by atoms with Crippen LogP contribution in [0.4, 0.5) is 26.2 Å². The van der Waals surface area contributed by atoms with Crippen LogP contribution in [-0.4, -0.2) is 50.2 Å². The Morgan fingerprint density at radius 2 is 1.34 bits per heavy atom. The normalized spacial score (nSPS) is 18.1. The summed E-state index contributed by atoms with van der Waals surface area (Å²) in [7, 11) is 0. The van der Waals surface area contributed by atoms with Gasteiger partial charge in [0.2, 0.25) is 0 Å². The molecule has 2 aromatic carbocycles. The summed E-state index contributed by atoms with van der Waals surface area (Å²) in [5.41, 5.74) is 3.12. The van der Waals surface area contributed by atoms with E-state index in [1.165, 1.54) is 36.3 Å². The van der Waals surface area contributed by atoms with Crippen LogP contribution in [-0.2, 0) is 0 Å². The van der Waals surface area contributed by atoms with Crippen molar-refractivity contribution in [3.8, 4) is 0 Å². The molecule has 0 aliphatic carbocycles. The van der Waals surface area contributed by atoms with E-state index in [0.29, 0.717) is 18.8 Å². The minimum Gasteiger partial charge on any atom is -0.372 e. The van der Waals surface area contributed by atoms with Crippen molar-refractivity contribution < 1.29 is 9.18 Å². The molecule has 0 saturated carbocycles. The Bertz CT molecular complexity index is 808. The number of benzene rings is 2. The number of anilines is 3. The Morgan fingerprint density at radius 3 is 1.90 bits per heavy atom. The summed E-state index contributed by atoms with van der Waals surface area (Å²) in [6.45, 7) is 7.55. The highest BCUT2D eigenvalue weighted by Gasteiger charge is 2.22. The smallest absolute Gasteiger partial charge is 0.321 e. The number of amides is 2. The minimum absolute atomic E-state index is 0.133. The molecule has 154 valence electrons. The van der Waals surface area contributed by atoms with Gasteiger partial charge in [0.1, 0.15) is 5.82 Å². The Labute approximate surface area is 172 Å². The summed E-state index contributed by atoms with van der Waals surface area (Å²) < 4.78 is 13.0. The highest BCUT2D eigenvalue weighted by atomic mass is 19.1. The summed E-state index contributed by atoms with van der Waals surface area (Å²) in [6.07, 6.45) is 2.54. The van der Waals surface area contributed by atoms with E-state index in [9.17, 15) is 9.18 Å². The lowest BCUT2D eigenvalue weighted by molar-refractivity contribution is 0.208.